The maximum absolute atomic E-state index is 5.47. The van der Waals surface area contributed by atoms with Crippen molar-refractivity contribution in [1.29, 1.82) is 0 Å². The Morgan fingerprint density at radius 2 is 2.10 bits per heavy atom. The number of hydrogen-bond donors (Lipinski definition) is 2. The summed E-state index contributed by atoms with van der Waals surface area (Å²) in [6, 6.07) is 1.74. The third-order valence-electron chi connectivity index (χ3n) is 1.31. The minimum atomic E-state index is 0.422. The molecule has 1 rings (SSSR count). The van der Waals surface area contributed by atoms with E-state index in [1.54, 1.807) is 6.07 Å². The lowest BCUT2D eigenvalue weighted by molar-refractivity contribution is 1.01. The van der Waals surface area contributed by atoms with Gasteiger partial charge in [0.2, 0.25) is 0 Å². The Hall–Kier alpha value is -1.32. The Morgan fingerprint density at radius 3 is 2.60 bits per heavy atom. The summed E-state index contributed by atoms with van der Waals surface area (Å²) in [7, 11) is 0. The number of nitrogens with zero attached hydrogens (tertiary/aromatic N) is 2. The summed E-state index contributed by atoms with van der Waals surface area (Å²) in [5.74, 6) is 0.891. The van der Waals surface area contributed by atoms with E-state index in [0.717, 1.165) is 12.0 Å². The highest BCUT2D eigenvalue weighted by Crippen LogP contribution is 2.09. The van der Waals surface area contributed by atoms with Gasteiger partial charge < -0.3 is 11.5 Å². The Morgan fingerprint density at radius 1 is 1.40 bits per heavy atom. The van der Waals surface area contributed by atoms with Crippen molar-refractivity contribution < 1.29 is 0 Å². The Labute approximate surface area is 59.2 Å². The third-order valence-corrected chi connectivity index (χ3v) is 1.31. The fraction of sp³-hybridized carbons (Fsp3) is 0.333. The van der Waals surface area contributed by atoms with Crippen LogP contribution in [-0.2, 0) is 6.42 Å². The largest absolute Gasteiger partial charge is 0.382 e. The van der Waals surface area contributed by atoms with E-state index < -0.39 is 0 Å². The van der Waals surface area contributed by atoms with Crippen LogP contribution in [0.1, 0.15) is 12.5 Å². The van der Waals surface area contributed by atoms with Gasteiger partial charge in [0.25, 0.3) is 0 Å². The standard InChI is InChI=1S/C6H10N4/c1-2-4-3-5(7)9-10-6(4)8/h3H,2H2,1H3,(H2,7,9)(H2,8,10). The second-order valence-corrected chi connectivity index (χ2v) is 2.03. The summed E-state index contributed by atoms with van der Waals surface area (Å²) in [5.41, 5.74) is 11.8. The number of aromatic nitrogens is 2. The predicted octanol–water partition coefficient (Wildman–Crippen LogP) is 0.203. The van der Waals surface area contributed by atoms with Crippen LogP contribution < -0.4 is 11.5 Å². The second kappa shape index (κ2) is 2.51. The van der Waals surface area contributed by atoms with Crippen LogP contribution >= 0.6 is 0 Å². The number of anilines is 2. The quantitative estimate of drug-likeness (QED) is 0.581. The molecular formula is C6H10N4. The monoisotopic (exact) mass is 138 g/mol. The highest BCUT2D eigenvalue weighted by Gasteiger charge is 1.97. The van der Waals surface area contributed by atoms with E-state index in [1.807, 2.05) is 6.92 Å². The van der Waals surface area contributed by atoms with Crippen molar-refractivity contribution in [2.24, 2.45) is 0 Å². The van der Waals surface area contributed by atoms with E-state index in [0.29, 0.717) is 11.6 Å². The first-order valence-corrected chi connectivity index (χ1v) is 3.11. The fourth-order valence-corrected chi connectivity index (χ4v) is 0.740. The smallest absolute Gasteiger partial charge is 0.149 e. The van der Waals surface area contributed by atoms with Crippen molar-refractivity contribution in [3.05, 3.63) is 11.6 Å². The first-order chi connectivity index (χ1) is 4.74. The Kier molecular flexibility index (Phi) is 1.71. The molecule has 0 bridgehead atoms. The molecule has 0 radical (unpaired) electrons. The summed E-state index contributed by atoms with van der Waals surface area (Å²) >= 11 is 0. The molecule has 1 aromatic rings. The van der Waals surface area contributed by atoms with Crippen molar-refractivity contribution >= 4 is 11.6 Å². The van der Waals surface area contributed by atoms with E-state index in [1.165, 1.54) is 0 Å². The van der Waals surface area contributed by atoms with E-state index >= 15 is 0 Å². The minimum absolute atomic E-state index is 0.422. The lowest BCUT2D eigenvalue weighted by Gasteiger charge is -1.99. The topological polar surface area (TPSA) is 77.8 Å². The van der Waals surface area contributed by atoms with Crippen LogP contribution in [0.5, 0.6) is 0 Å². The molecule has 0 aliphatic heterocycles. The molecule has 10 heavy (non-hydrogen) atoms. The van der Waals surface area contributed by atoms with E-state index in [4.69, 9.17) is 11.5 Å². The highest BCUT2D eigenvalue weighted by atomic mass is 15.2. The van der Waals surface area contributed by atoms with Gasteiger partial charge in [-0.05, 0) is 18.1 Å². The van der Waals surface area contributed by atoms with Gasteiger partial charge in [0.15, 0.2) is 0 Å². The van der Waals surface area contributed by atoms with Crippen molar-refractivity contribution in [1.82, 2.24) is 10.2 Å². The average Bonchev–Trinajstić information content (AvgIpc) is 1.94. The van der Waals surface area contributed by atoms with Gasteiger partial charge in [0.1, 0.15) is 11.6 Å². The molecule has 0 unspecified atom stereocenters. The van der Waals surface area contributed by atoms with Crippen LogP contribution in [0, 0.1) is 0 Å². The van der Waals surface area contributed by atoms with E-state index in [2.05, 4.69) is 10.2 Å². The van der Waals surface area contributed by atoms with Crippen LogP contribution in [0.25, 0.3) is 0 Å². The normalized spacial score (nSPS) is 9.70. The van der Waals surface area contributed by atoms with Gasteiger partial charge in [-0.2, -0.15) is 0 Å². The van der Waals surface area contributed by atoms with Crippen molar-refractivity contribution in [2.75, 3.05) is 11.5 Å². The number of aryl methyl sites for hydroxylation is 1. The van der Waals surface area contributed by atoms with Gasteiger partial charge in [0, 0.05) is 0 Å². The zero-order valence-electron chi connectivity index (χ0n) is 5.83. The molecule has 0 fully saturated rings. The van der Waals surface area contributed by atoms with Gasteiger partial charge in [-0.25, -0.2) is 0 Å². The molecule has 0 atom stereocenters. The molecule has 0 spiro atoms. The fourth-order valence-electron chi connectivity index (χ4n) is 0.740. The number of hydrogen-bond acceptors (Lipinski definition) is 4. The van der Waals surface area contributed by atoms with Crippen LogP contribution in [0.3, 0.4) is 0 Å². The van der Waals surface area contributed by atoms with Crippen molar-refractivity contribution in [2.45, 2.75) is 13.3 Å². The molecule has 4 heteroatoms. The summed E-state index contributed by atoms with van der Waals surface area (Å²) in [4.78, 5) is 0. The number of rotatable bonds is 1. The van der Waals surface area contributed by atoms with E-state index in [-0.39, 0.29) is 0 Å². The first-order valence-electron chi connectivity index (χ1n) is 3.11. The van der Waals surface area contributed by atoms with Gasteiger partial charge in [-0.1, -0.05) is 6.92 Å². The number of nitrogen functional groups attached to an aromatic ring is 2. The third kappa shape index (κ3) is 1.15. The summed E-state index contributed by atoms with van der Waals surface area (Å²) < 4.78 is 0. The molecule has 54 valence electrons. The highest BCUT2D eigenvalue weighted by molar-refractivity contribution is 5.43. The molecule has 0 amide bonds. The van der Waals surface area contributed by atoms with Crippen molar-refractivity contribution in [3.8, 4) is 0 Å². The molecule has 4 nitrogen and oxygen atoms in total. The lowest BCUT2D eigenvalue weighted by atomic mass is 10.2. The molecule has 0 saturated heterocycles. The van der Waals surface area contributed by atoms with Gasteiger partial charge in [-0.3, -0.25) is 0 Å². The van der Waals surface area contributed by atoms with Crippen LogP contribution in [0.4, 0.5) is 11.6 Å². The Bertz CT molecular complexity index is 233. The van der Waals surface area contributed by atoms with Crippen LogP contribution in [0.2, 0.25) is 0 Å². The van der Waals surface area contributed by atoms with Crippen LogP contribution in [-0.4, -0.2) is 10.2 Å². The summed E-state index contributed by atoms with van der Waals surface area (Å²) in [6.07, 6.45) is 0.839. The lowest BCUT2D eigenvalue weighted by Crippen LogP contribution is -2.01. The minimum Gasteiger partial charge on any atom is -0.382 e. The zero-order valence-corrected chi connectivity index (χ0v) is 5.83. The molecular weight excluding hydrogens is 128 g/mol. The molecule has 1 heterocycles. The predicted molar refractivity (Wildman–Crippen MR) is 40.2 cm³/mol. The summed E-state index contributed by atoms with van der Waals surface area (Å²) in [6.45, 7) is 1.99. The second-order valence-electron chi connectivity index (χ2n) is 2.03. The average molecular weight is 138 g/mol. The summed E-state index contributed by atoms with van der Waals surface area (Å²) in [5, 5.41) is 7.24. The molecule has 1 aromatic heterocycles. The van der Waals surface area contributed by atoms with Gasteiger partial charge >= 0.3 is 0 Å². The molecule has 0 aliphatic carbocycles. The first kappa shape index (κ1) is 6.80. The van der Waals surface area contributed by atoms with Gasteiger partial charge in [-0.15, -0.1) is 10.2 Å². The molecule has 4 N–H and O–H groups in total. The maximum atomic E-state index is 5.47. The van der Waals surface area contributed by atoms with Crippen LogP contribution in [0.15, 0.2) is 6.07 Å². The molecule has 0 aliphatic rings. The zero-order chi connectivity index (χ0) is 7.56. The number of nitrogens with two attached hydrogens (primary N) is 2. The maximum Gasteiger partial charge on any atom is 0.149 e. The van der Waals surface area contributed by atoms with E-state index in [9.17, 15) is 0 Å². The van der Waals surface area contributed by atoms with Gasteiger partial charge in [0.05, 0.1) is 0 Å². The molecule has 0 saturated carbocycles. The van der Waals surface area contributed by atoms with Crippen molar-refractivity contribution in [3.63, 3.8) is 0 Å². The molecule has 0 aromatic carbocycles. The Balaban J connectivity index is 3.09. The SMILES string of the molecule is CCc1cc(N)nnc1N.